The molecule has 22 heavy (non-hydrogen) atoms. The number of benzene rings is 1. The molecule has 0 bridgehead atoms. The van der Waals surface area contributed by atoms with Crippen LogP contribution in [0.3, 0.4) is 0 Å². The molecule has 1 aromatic carbocycles. The summed E-state index contributed by atoms with van der Waals surface area (Å²) in [6.45, 7) is 3.62. The normalized spacial score (nSPS) is 16.8. The predicted molar refractivity (Wildman–Crippen MR) is 82.3 cm³/mol. The highest BCUT2D eigenvalue weighted by molar-refractivity contribution is 5.78. The SMILES string of the molecule is C[NH+]1CCN(NC(=O)Cn2cnc3ccccc3c2=O)CC1. The third-order valence-corrected chi connectivity index (χ3v) is 3.95. The lowest BCUT2D eigenvalue weighted by molar-refractivity contribution is -0.884. The molecule has 1 aliphatic rings. The largest absolute Gasteiger partial charge is 0.335 e. The average molecular weight is 302 g/mol. The first-order valence-electron chi connectivity index (χ1n) is 7.43. The monoisotopic (exact) mass is 302 g/mol. The molecule has 1 amide bonds. The van der Waals surface area contributed by atoms with Crippen LogP contribution in [0, 0.1) is 0 Å². The Hall–Kier alpha value is -2.25. The van der Waals surface area contributed by atoms with Gasteiger partial charge in [0, 0.05) is 0 Å². The number of fused-ring (bicyclic) bond motifs is 1. The van der Waals surface area contributed by atoms with Crippen LogP contribution >= 0.6 is 0 Å². The number of rotatable bonds is 3. The van der Waals surface area contributed by atoms with Crippen molar-refractivity contribution >= 4 is 16.8 Å². The van der Waals surface area contributed by atoms with Gasteiger partial charge in [0.1, 0.15) is 6.54 Å². The first kappa shape index (κ1) is 14.7. The fourth-order valence-electron chi connectivity index (χ4n) is 2.59. The lowest BCUT2D eigenvalue weighted by Gasteiger charge is -2.30. The average Bonchev–Trinajstić information content (AvgIpc) is 2.53. The van der Waals surface area contributed by atoms with E-state index in [1.807, 2.05) is 11.1 Å². The number of para-hydroxylation sites is 1. The first-order valence-corrected chi connectivity index (χ1v) is 7.43. The minimum atomic E-state index is -0.196. The van der Waals surface area contributed by atoms with Crippen molar-refractivity contribution in [2.75, 3.05) is 33.2 Å². The van der Waals surface area contributed by atoms with Crippen molar-refractivity contribution in [3.63, 3.8) is 0 Å². The van der Waals surface area contributed by atoms with Gasteiger partial charge in [-0.1, -0.05) is 12.1 Å². The summed E-state index contributed by atoms with van der Waals surface area (Å²) in [5.74, 6) is -0.196. The molecule has 116 valence electrons. The Kier molecular flexibility index (Phi) is 4.17. The summed E-state index contributed by atoms with van der Waals surface area (Å²) in [6, 6.07) is 7.14. The molecule has 1 saturated heterocycles. The molecule has 7 nitrogen and oxygen atoms in total. The van der Waals surface area contributed by atoms with Crippen LogP contribution in [0.1, 0.15) is 0 Å². The summed E-state index contributed by atoms with van der Waals surface area (Å²) >= 11 is 0. The maximum absolute atomic E-state index is 12.3. The minimum absolute atomic E-state index is 0.0180. The van der Waals surface area contributed by atoms with E-state index < -0.39 is 0 Å². The van der Waals surface area contributed by atoms with Gasteiger partial charge in [0.25, 0.3) is 11.5 Å². The lowest BCUT2D eigenvalue weighted by atomic mass is 10.2. The van der Waals surface area contributed by atoms with Crippen molar-refractivity contribution in [1.29, 1.82) is 0 Å². The molecule has 2 N–H and O–H groups in total. The van der Waals surface area contributed by atoms with Gasteiger partial charge in [0.2, 0.25) is 0 Å². The highest BCUT2D eigenvalue weighted by atomic mass is 16.2. The van der Waals surface area contributed by atoms with Crippen LogP contribution in [0.4, 0.5) is 0 Å². The van der Waals surface area contributed by atoms with E-state index in [1.165, 1.54) is 15.8 Å². The smallest absolute Gasteiger partial charge is 0.261 e. The molecule has 3 rings (SSSR count). The molecule has 7 heteroatoms. The van der Waals surface area contributed by atoms with Crippen LogP contribution in [0.15, 0.2) is 35.4 Å². The van der Waals surface area contributed by atoms with Gasteiger partial charge in [-0.2, -0.15) is 0 Å². The number of hydrogen-bond donors (Lipinski definition) is 2. The van der Waals surface area contributed by atoms with Crippen LogP contribution in [-0.2, 0) is 11.3 Å². The van der Waals surface area contributed by atoms with Gasteiger partial charge in [-0.3, -0.25) is 19.6 Å². The topological polar surface area (TPSA) is 71.7 Å². The molecule has 2 aromatic rings. The summed E-state index contributed by atoms with van der Waals surface area (Å²) in [5.41, 5.74) is 3.31. The van der Waals surface area contributed by atoms with E-state index in [0.717, 1.165) is 26.2 Å². The highest BCUT2D eigenvalue weighted by Gasteiger charge is 2.18. The standard InChI is InChI=1S/C15H19N5O2/c1-18-6-8-20(9-7-18)17-14(21)10-19-11-16-13-5-3-2-4-12(13)15(19)22/h2-5,11H,6-10H2,1H3,(H,17,21)/p+1. The number of hydrazine groups is 1. The van der Waals surface area contributed by atoms with Gasteiger partial charge in [-0.25, -0.2) is 9.99 Å². The summed E-state index contributed by atoms with van der Waals surface area (Å²) in [5, 5.41) is 2.44. The Morgan fingerprint density at radius 3 is 2.82 bits per heavy atom. The number of carbonyl (C=O) groups is 1. The zero-order valence-corrected chi connectivity index (χ0v) is 12.6. The molecule has 1 fully saturated rings. The summed E-state index contributed by atoms with van der Waals surface area (Å²) in [7, 11) is 2.14. The van der Waals surface area contributed by atoms with Crippen molar-refractivity contribution in [3.8, 4) is 0 Å². The van der Waals surface area contributed by atoms with Crippen LogP contribution < -0.4 is 15.9 Å². The molecular formula is C15H20N5O2+. The molecule has 0 radical (unpaired) electrons. The van der Waals surface area contributed by atoms with Gasteiger partial charge in [0.15, 0.2) is 0 Å². The van der Waals surface area contributed by atoms with Gasteiger partial charge < -0.3 is 4.90 Å². The van der Waals surface area contributed by atoms with E-state index in [0.29, 0.717) is 10.9 Å². The number of carbonyl (C=O) groups excluding carboxylic acids is 1. The fraction of sp³-hybridized carbons (Fsp3) is 0.400. The van der Waals surface area contributed by atoms with Crippen LogP contribution in [0.25, 0.3) is 10.9 Å². The Balaban J connectivity index is 1.69. The Morgan fingerprint density at radius 1 is 1.32 bits per heavy atom. The van der Waals surface area contributed by atoms with Crippen molar-refractivity contribution in [2.24, 2.45) is 0 Å². The second-order valence-corrected chi connectivity index (χ2v) is 5.67. The lowest BCUT2D eigenvalue weighted by Crippen LogP contribution is -3.12. The summed E-state index contributed by atoms with van der Waals surface area (Å²) in [4.78, 5) is 30.1. The zero-order chi connectivity index (χ0) is 15.5. The van der Waals surface area contributed by atoms with Gasteiger partial charge in [-0.15, -0.1) is 0 Å². The van der Waals surface area contributed by atoms with E-state index in [-0.39, 0.29) is 18.0 Å². The molecule has 0 unspecified atom stereocenters. The van der Waals surface area contributed by atoms with Crippen molar-refractivity contribution in [1.82, 2.24) is 20.0 Å². The number of amides is 1. The maximum atomic E-state index is 12.3. The molecule has 0 saturated carbocycles. The Labute approximate surface area is 128 Å². The van der Waals surface area contributed by atoms with E-state index in [2.05, 4.69) is 17.5 Å². The van der Waals surface area contributed by atoms with Gasteiger partial charge in [-0.05, 0) is 12.1 Å². The van der Waals surface area contributed by atoms with Crippen molar-refractivity contribution in [2.45, 2.75) is 6.54 Å². The molecule has 0 atom stereocenters. The van der Waals surface area contributed by atoms with E-state index in [9.17, 15) is 9.59 Å². The molecular weight excluding hydrogens is 282 g/mol. The van der Waals surface area contributed by atoms with Crippen molar-refractivity contribution in [3.05, 3.63) is 40.9 Å². The maximum Gasteiger partial charge on any atom is 0.261 e. The molecule has 1 aliphatic heterocycles. The summed E-state index contributed by atoms with van der Waals surface area (Å²) in [6.07, 6.45) is 1.43. The van der Waals surface area contributed by atoms with Crippen LogP contribution in [-0.4, -0.2) is 53.7 Å². The number of hydrogen-bond acceptors (Lipinski definition) is 4. The number of quaternary nitrogens is 1. The minimum Gasteiger partial charge on any atom is -0.335 e. The molecule has 0 aliphatic carbocycles. The first-order chi connectivity index (χ1) is 10.6. The third kappa shape index (κ3) is 3.15. The number of aromatic nitrogens is 2. The van der Waals surface area contributed by atoms with E-state index in [1.54, 1.807) is 18.2 Å². The fourth-order valence-corrected chi connectivity index (χ4v) is 2.59. The second kappa shape index (κ2) is 6.25. The van der Waals surface area contributed by atoms with Gasteiger partial charge in [0.05, 0.1) is 50.5 Å². The zero-order valence-electron chi connectivity index (χ0n) is 12.6. The highest BCUT2D eigenvalue weighted by Crippen LogP contribution is 2.04. The Morgan fingerprint density at radius 2 is 2.05 bits per heavy atom. The van der Waals surface area contributed by atoms with Crippen LogP contribution in [0.5, 0.6) is 0 Å². The summed E-state index contributed by atoms with van der Waals surface area (Å²) < 4.78 is 1.35. The molecule has 2 heterocycles. The van der Waals surface area contributed by atoms with E-state index >= 15 is 0 Å². The Bertz CT molecular complexity index is 734. The molecule has 1 aromatic heterocycles. The van der Waals surface area contributed by atoms with Gasteiger partial charge >= 0.3 is 0 Å². The van der Waals surface area contributed by atoms with E-state index in [4.69, 9.17) is 0 Å². The molecule has 0 spiro atoms. The number of likely N-dealkylation sites (N-methyl/N-ethyl adjacent to an activating group) is 1. The van der Waals surface area contributed by atoms with Crippen molar-refractivity contribution < 1.29 is 9.69 Å². The van der Waals surface area contributed by atoms with Crippen LogP contribution in [0.2, 0.25) is 0 Å². The number of nitrogens with zero attached hydrogens (tertiary/aromatic N) is 3. The second-order valence-electron chi connectivity index (χ2n) is 5.67. The quantitative estimate of drug-likeness (QED) is 0.706. The third-order valence-electron chi connectivity index (χ3n) is 3.95. The number of piperazine rings is 1. The predicted octanol–water partition coefficient (Wildman–Crippen LogP) is -1.74. The number of nitrogens with one attached hydrogen (secondary N) is 2.